The molecule has 0 unspecified atom stereocenters. The number of aromatic nitrogens is 1. The molecule has 2 fully saturated rings. The molecule has 12 N–H and O–H groups in total. The number of pyridine rings is 1. The number of hydrogen-bond acceptors (Lipinski definition) is 17. The van der Waals surface area contributed by atoms with Crippen LogP contribution in [0.4, 0.5) is 5.82 Å². The Bertz CT molecular complexity index is 1090. The fourth-order valence-electron chi connectivity index (χ4n) is 5.16. The first kappa shape index (κ1) is 37.8. The molecule has 0 saturated carbocycles. The quantitative estimate of drug-likeness (QED) is 0.0830. The highest BCUT2D eigenvalue weighted by Gasteiger charge is 2.52. The van der Waals surface area contributed by atoms with Crippen molar-refractivity contribution in [3.05, 3.63) is 24.4 Å². The summed E-state index contributed by atoms with van der Waals surface area (Å²) in [5.74, 6) is -0.866. The van der Waals surface area contributed by atoms with Crippen LogP contribution in [0.25, 0.3) is 0 Å². The summed E-state index contributed by atoms with van der Waals surface area (Å²) in [5.41, 5.74) is 0. The monoisotopic (exact) mass is 664 g/mol. The summed E-state index contributed by atoms with van der Waals surface area (Å²) in [6.45, 7) is -0.407. The van der Waals surface area contributed by atoms with E-state index in [9.17, 15) is 55.5 Å². The zero-order valence-corrected chi connectivity index (χ0v) is 25.1. The van der Waals surface area contributed by atoms with Crippen molar-refractivity contribution < 1.29 is 74.5 Å². The number of amides is 2. The standard InChI is InChI=1S/C27H44N4O15/c1-11(35)30-13(7-29-17-5-3-4-6-28-17)19(38)24(14(37)8-32)45-26-18(31-12(2)36)21(40)25(16(10-34)44-26)46-27-23(42)22(41)20(39)15(9-33)43-27/h3-6,13-16,18-27,32-34,37-42H,7-10H2,1-2H3,(H,28,29)(H,30,35)(H,31,36)/t13-,14+,15+,16+,18+,19+,20+,21+,22-,23-,24+,25+,26-,27-/m0/s1. The first-order valence-electron chi connectivity index (χ1n) is 14.5. The van der Waals surface area contributed by atoms with Crippen molar-refractivity contribution in [2.24, 2.45) is 0 Å². The van der Waals surface area contributed by atoms with Crippen LogP contribution in [0.1, 0.15) is 13.8 Å². The second-order valence-corrected chi connectivity index (χ2v) is 11.0. The fraction of sp³-hybridized carbons (Fsp3) is 0.741. The second-order valence-electron chi connectivity index (χ2n) is 11.0. The molecular formula is C27H44N4O15. The highest BCUT2D eigenvalue weighted by atomic mass is 16.7. The molecule has 19 heteroatoms. The van der Waals surface area contributed by atoms with E-state index in [0.717, 1.165) is 6.92 Å². The van der Waals surface area contributed by atoms with E-state index in [0.29, 0.717) is 5.82 Å². The lowest BCUT2D eigenvalue weighted by Crippen LogP contribution is -2.68. The molecule has 2 saturated heterocycles. The molecule has 3 rings (SSSR count). The summed E-state index contributed by atoms with van der Waals surface area (Å²) in [6.07, 6.45) is -18.9. The number of rotatable bonds is 15. The summed E-state index contributed by atoms with van der Waals surface area (Å²) in [6, 6.07) is 2.30. The van der Waals surface area contributed by atoms with Crippen LogP contribution in [0.5, 0.6) is 0 Å². The van der Waals surface area contributed by atoms with Gasteiger partial charge in [0, 0.05) is 26.6 Å². The minimum absolute atomic E-state index is 0.132. The van der Waals surface area contributed by atoms with Gasteiger partial charge in [0.15, 0.2) is 12.6 Å². The molecule has 2 amide bonds. The number of nitrogens with zero attached hydrogens (tertiary/aromatic N) is 1. The van der Waals surface area contributed by atoms with E-state index in [1.54, 1.807) is 18.2 Å². The van der Waals surface area contributed by atoms with E-state index < -0.39 is 117 Å². The van der Waals surface area contributed by atoms with E-state index in [1.807, 2.05) is 0 Å². The molecule has 1 aromatic heterocycles. The summed E-state index contributed by atoms with van der Waals surface area (Å²) in [4.78, 5) is 28.2. The average Bonchev–Trinajstić information content (AvgIpc) is 3.03. The number of nitrogens with one attached hydrogen (secondary N) is 3. The van der Waals surface area contributed by atoms with Gasteiger partial charge in [-0.2, -0.15) is 0 Å². The molecular weight excluding hydrogens is 620 g/mol. The first-order valence-corrected chi connectivity index (χ1v) is 14.5. The minimum atomic E-state index is -1.87. The Hall–Kier alpha value is -2.63. The van der Waals surface area contributed by atoms with Crippen molar-refractivity contribution in [2.45, 2.75) is 99.6 Å². The summed E-state index contributed by atoms with van der Waals surface area (Å²) in [5, 5.41) is 101. The van der Waals surface area contributed by atoms with Crippen LogP contribution < -0.4 is 16.0 Å². The maximum absolute atomic E-state index is 12.1. The van der Waals surface area contributed by atoms with Crippen LogP contribution in [0.2, 0.25) is 0 Å². The van der Waals surface area contributed by atoms with Crippen molar-refractivity contribution in [1.29, 1.82) is 0 Å². The molecule has 46 heavy (non-hydrogen) atoms. The van der Waals surface area contributed by atoms with Crippen LogP contribution in [0, 0.1) is 0 Å². The van der Waals surface area contributed by atoms with Gasteiger partial charge in [-0.3, -0.25) is 9.59 Å². The minimum Gasteiger partial charge on any atom is -0.394 e. The number of carbonyl (C=O) groups excluding carboxylic acids is 2. The van der Waals surface area contributed by atoms with Gasteiger partial charge in [0.25, 0.3) is 0 Å². The predicted molar refractivity (Wildman–Crippen MR) is 152 cm³/mol. The topological polar surface area (TPSA) is 302 Å². The van der Waals surface area contributed by atoms with Gasteiger partial charge in [0.2, 0.25) is 11.8 Å². The van der Waals surface area contributed by atoms with Gasteiger partial charge in [-0.1, -0.05) is 6.07 Å². The molecule has 2 aliphatic heterocycles. The Balaban J connectivity index is 1.86. The Morgan fingerprint density at radius 1 is 0.913 bits per heavy atom. The lowest BCUT2D eigenvalue weighted by atomic mass is 9.94. The number of anilines is 1. The molecule has 0 spiro atoms. The maximum atomic E-state index is 12.1. The lowest BCUT2D eigenvalue weighted by Gasteiger charge is -2.48. The molecule has 0 aliphatic carbocycles. The van der Waals surface area contributed by atoms with Crippen LogP contribution in [0.3, 0.4) is 0 Å². The van der Waals surface area contributed by atoms with Crippen molar-refractivity contribution in [3.63, 3.8) is 0 Å². The molecule has 1 aromatic rings. The molecule has 3 heterocycles. The third-order valence-corrected chi connectivity index (χ3v) is 7.53. The summed E-state index contributed by atoms with van der Waals surface area (Å²) < 4.78 is 22.6. The Labute approximate surface area is 263 Å². The van der Waals surface area contributed by atoms with Gasteiger partial charge < -0.3 is 80.9 Å². The SMILES string of the molecule is CC(=O)N[C@H]1[C@H](O[C@@H]([C@H](O)[C@H](CNc2ccccn2)NC(C)=O)[C@H](O)CO)O[C@H](CO)[C@@H](O[C@@H]2O[C@H](CO)[C@@H](O)[C@H](O)[C@@H]2O)[C@@H]1O. The smallest absolute Gasteiger partial charge is 0.217 e. The molecule has 0 radical (unpaired) electrons. The predicted octanol–water partition coefficient (Wildman–Crippen LogP) is -6.13. The fourth-order valence-corrected chi connectivity index (χ4v) is 5.16. The van der Waals surface area contributed by atoms with Crippen LogP contribution >= 0.6 is 0 Å². The van der Waals surface area contributed by atoms with Gasteiger partial charge >= 0.3 is 0 Å². The molecule has 2 aliphatic rings. The van der Waals surface area contributed by atoms with Gasteiger partial charge in [-0.15, -0.1) is 0 Å². The van der Waals surface area contributed by atoms with Crippen molar-refractivity contribution >= 4 is 17.6 Å². The van der Waals surface area contributed by atoms with Crippen molar-refractivity contribution in [2.75, 3.05) is 31.7 Å². The van der Waals surface area contributed by atoms with Gasteiger partial charge in [0.1, 0.15) is 72.9 Å². The Kier molecular flexibility index (Phi) is 14.4. The molecule has 262 valence electrons. The average molecular weight is 665 g/mol. The zero-order valence-electron chi connectivity index (χ0n) is 25.1. The Morgan fingerprint density at radius 3 is 2.15 bits per heavy atom. The van der Waals surface area contributed by atoms with Crippen LogP contribution in [-0.2, 0) is 28.5 Å². The highest BCUT2D eigenvalue weighted by Crippen LogP contribution is 2.31. The largest absolute Gasteiger partial charge is 0.394 e. The first-order chi connectivity index (χ1) is 21.8. The van der Waals surface area contributed by atoms with Crippen molar-refractivity contribution in [1.82, 2.24) is 15.6 Å². The molecule has 14 atom stereocenters. The number of ether oxygens (including phenoxy) is 4. The zero-order chi connectivity index (χ0) is 34.1. The van der Waals surface area contributed by atoms with E-state index in [2.05, 4.69) is 20.9 Å². The van der Waals surface area contributed by atoms with Gasteiger partial charge in [0.05, 0.1) is 25.9 Å². The van der Waals surface area contributed by atoms with Crippen LogP contribution in [0.15, 0.2) is 24.4 Å². The van der Waals surface area contributed by atoms with Crippen LogP contribution in [-0.4, -0.2) is 175 Å². The molecule has 19 nitrogen and oxygen atoms in total. The third kappa shape index (κ3) is 9.47. The number of carbonyl (C=O) groups is 2. The van der Waals surface area contributed by atoms with Gasteiger partial charge in [-0.25, -0.2) is 4.98 Å². The second kappa shape index (κ2) is 17.5. The Morgan fingerprint density at radius 2 is 1.59 bits per heavy atom. The van der Waals surface area contributed by atoms with E-state index >= 15 is 0 Å². The number of hydrogen-bond donors (Lipinski definition) is 12. The maximum Gasteiger partial charge on any atom is 0.217 e. The van der Waals surface area contributed by atoms with Gasteiger partial charge in [-0.05, 0) is 12.1 Å². The van der Waals surface area contributed by atoms with E-state index in [4.69, 9.17) is 18.9 Å². The van der Waals surface area contributed by atoms with E-state index in [-0.39, 0.29) is 6.54 Å². The summed E-state index contributed by atoms with van der Waals surface area (Å²) >= 11 is 0. The summed E-state index contributed by atoms with van der Waals surface area (Å²) in [7, 11) is 0. The van der Waals surface area contributed by atoms with E-state index in [1.165, 1.54) is 13.1 Å². The van der Waals surface area contributed by atoms with Crippen molar-refractivity contribution in [3.8, 4) is 0 Å². The highest BCUT2D eigenvalue weighted by molar-refractivity contribution is 5.73. The normalized spacial score (nSPS) is 34.2. The molecule has 0 aromatic carbocycles. The third-order valence-electron chi connectivity index (χ3n) is 7.53. The number of aliphatic hydroxyl groups excluding tert-OH is 9. The number of aliphatic hydroxyl groups is 9. The lowest BCUT2D eigenvalue weighted by molar-refractivity contribution is -0.354. The molecule has 0 bridgehead atoms.